The van der Waals surface area contributed by atoms with Gasteiger partial charge in [-0.3, -0.25) is 4.79 Å². The lowest BCUT2D eigenvalue weighted by Gasteiger charge is -2.14. The van der Waals surface area contributed by atoms with E-state index in [-0.39, 0.29) is 17.1 Å². The van der Waals surface area contributed by atoms with E-state index in [1.165, 1.54) is 0 Å². The van der Waals surface area contributed by atoms with Gasteiger partial charge in [0.1, 0.15) is 5.75 Å². The van der Waals surface area contributed by atoms with Crippen molar-refractivity contribution in [3.05, 3.63) is 24.3 Å². The summed E-state index contributed by atoms with van der Waals surface area (Å²) in [6, 6.07) is 7.21. The Bertz CT molecular complexity index is 349. The van der Waals surface area contributed by atoms with Gasteiger partial charge in [-0.25, -0.2) is 0 Å². The number of anilines is 1. The number of ether oxygens (including phenoxy) is 1. The quantitative estimate of drug-likeness (QED) is 0.793. The van der Waals surface area contributed by atoms with Gasteiger partial charge in [0.25, 0.3) is 0 Å². The Morgan fingerprint density at radius 2 is 1.88 bits per heavy atom. The Labute approximate surface area is 102 Å². The Morgan fingerprint density at radius 3 is 2.31 bits per heavy atom. The molecule has 88 valence electrons. The molecule has 3 nitrogen and oxygen atoms in total. The molecule has 0 aromatic heterocycles. The number of rotatable bonds is 4. The number of hydrogen-bond acceptors (Lipinski definition) is 3. The topological polar surface area (TPSA) is 38.3 Å². The average Bonchev–Trinajstić information content (AvgIpc) is 2.28. The van der Waals surface area contributed by atoms with Gasteiger partial charge in [0, 0.05) is 5.69 Å². The van der Waals surface area contributed by atoms with Crippen LogP contribution in [0.2, 0.25) is 0 Å². The van der Waals surface area contributed by atoms with Gasteiger partial charge in [0.05, 0.1) is 12.4 Å². The van der Waals surface area contributed by atoms with Gasteiger partial charge in [-0.15, -0.1) is 0 Å². The fraction of sp³-hybridized carbons (Fsp3) is 0.417. The molecule has 1 atom stereocenters. The van der Waals surface area contributed by atoms with E-state index in [1.54, 1.807) is 31.4 Å². The Morgan fingerprint density at radius 1 is 1.31 bits per heavy atom. The maximum absolute atomic E-state index is 11.7. The minimum atomic E-state index is -0.290. The van der Waals surface area contributed by atoms with Crippen LogP contribution >= 0.6 is 12.6 Å². The standard InChI is InChI=1S/C12H17NO2S/c1-8(2)11(16)12(14)13-9-4-6-10(15-3)7-5-9/h4-8,11,16H,1-3H3,(H,13,14). The third-order valence-electron chi connectivity index (χ3n) is 2.26. The second-order valence-electron chi connectivity index (χ2n) is 3.91. The van der Waals surface area contributed by atoms with Crippen molar-refractivity contribution in [3.8, 4) is 5.75 Å². The number of carbonyl (C=O) groups excluding carboxylic acids is 1. The Hall–Kier alpha value is -1.16. The zero-order valence-electron chi connectivity index (χ0n) is 9.73. The number of thiol groups is 1. The molecule has 1 aromatic carbocycles. The molecule has 0 saturated heterocycles. The summed E-state index contributed by atoms with van der Waals surface area (Å²) in [4.78, 5) is 11.7. The Kier molecular flexibility index (Phi) is 4.68. The van der Waals surface area contributed by atoms with Crippen LogP contribution in [-0.2, 0) is 4.79 Å². The van der Waals surface area contributed by atoms with Crippen molar-refractivity contribution in [2.75, 3.05) is 12.4 Å². The summed E-state index contributed by atoms with van der Waals surface area (Å²) < 4.78 is 5.03. The first kappa shape index (κ1) is 12.9. The van der Waals surface area contributed by atoms with Gasteiger partial charge < -0.3 is 10.1 Å². The van der Waals surface area contributed by atoms with Gasteiger partial charge in [-0.05, 0) is 30.2 Å². The number of hydrogen-bond donors (Lipinski definition) is 2. The lowest BCUT2D eigenvalue weighted by Crippen LogP contribution is -2.27. The van der Waals surface area contributed by atoms with Gasteiger partial charge in [0.15, 0.2) is 0 Å². The fourth-order valence-electron chi connectivity index (χ4n) is 1.19. The predicted octanol–water partition coefficient (Wildman–Crippen LogP) is 2.59. The largest absolute Gasteiger partial charge is 0.497 e. The maximum atomic E-state index is 11.7. The Balaban J connectivity index is 2.62. The van der Waals surface area contributed by atoms with Crippen molar-refractivity contribution >= 4 is 24.2 Å². The molecule has 0 aliphatic heterocycles. The average molecular weight is 239 g/mol. The zero-order valence-corrected chi connectivity index (χ0v) is 10.6. The summed E-state index contributed by atoms with van der Waals surface area (Å²) in [5, 5.41) is 2.51. The summed E-state index contributed by atoms with van der Waals surface area (Å²) in [7, 11) is 1.61. The first-order valence-electron chi connectivity index (χ1n) is 5.17. The molecule has 1 aromatic rings. The van der Waals surface area contributed by atoms with Crippen LogP contribution in [0.5, 0.6) is 5.75 Å². The zero-order chi connectivity index (χ0) is 12.1. The second kappa shape index (κ2) is 5.80. The maximum Gasteiger partial charge on any atom is 0.237 e. The molecule has 0 saturated carbocycles. The molecule has 0 spiro atoms. The third-order valence-corrected chi connectivity index (χ3v) is 3.09. The van der Waals surface area contributed by atoms with Gasteiger partial charge in [-0.2, -0.15) is 12.6 Å². The van der Waals surface area contributed by atoms with E-state index in [0.29, 0.717) is 0 Å². The molecule has 0 heterocycles. The minimum absolute atomic E-state index is 0.0801. The van der Waals surface area contributed by atoms with Crippen LogP contribution in [0.25, 0.3) is 0 Å². The summed E-state index contributed by atoms with van der Waals surface area (Å²) in [5.41, 5.74) is 0.755. The highest BCUT2D eigenvalue weighted by atomic mass is 32.1. The summed E-state index contributed by atoms with van der Waals surface area (Å²) >= 11 is 4.25. The van der Waals surface area contributed by atoms with Crippen LogP contribution in [0.3, 0.4) is 0 Å². The van der Waals surface area contributed by atoms with E-state index in [0.717, 1.165) is 11.4 Å². The predicted molar refractivity (Wildman–Crippen MR) is 69.2 cm³/mol. The summed E-state index contributed by atoms with van der Waals surface area (Å²) in [6.07, 6.45) is 0. The highest BCUT2D eigenvalue weighted by Crippen LogP contribution is 2.17. The number of methoxy groups -OCH3 is 1. The third kappa shape index (κ3) is 3.45. The van der Waals surface area contributed by atoms with Crippen LogP contribution < -0.4 is 10.1 Å². The monoisotopic (exact) mass is 239 g/mol. The molecule has 1 N–H and O–H groups in total. The smallest absolute Gasteiger partial charge is 0.237 e. The summed E-state index contributed by atoms with van der Waals surface area (Å²) in [5.74, 6) is 0.898. The first-order valence-corrected chi connectivity index (χ1v) is 5.69. The van der Waals surface area contributed by atoms with Crippen molar-refractivity contribution in [2.24, 2.45) is 5.92 Å². The van der Waals surface area contributed by atoms with Crippen LogP contribution in [0.1, 0.15) is 13.8 Å². The molecule has 16 heavy (non-hydrogen) atoms. The number of nitrogens with one attached hydrogen (secondary N) is 1. The molecular weight excluding hydrogens is 222 g/mol. The molecule has 0 bridgehead atoms. The van der Waals surface area contributed by atoms with E-state index in [2.05, 4.69) is 17.9 Å². The van der Waals surface area contributed by atoms with Crippen LogP contribution in [0.4, 0.5) is 5.69 Å². The molecule has 0 aliphatic rings. The van der Waals surface area contributed by atoms with E-state index < -0.39 is 0 Å². The van der Waals surface area contributed by atoms with Crippen LogP contribution in [0, 0.1) is 5.92 Å². The first-order chi connectivity index (χ1) is 7.54. The van der Waals surface area contributed by atoms with Gasteiger partial charge >= 0.3 is 0 Å². The SMILES string of the molecule is COc1ccc(NC(=O)C(S)C(C)C)cc1. The highest BCUT2D eigenvalue weighted by molar-refractivity contribution is 7.81. The van der Waals surface area contributed by atoms with Crippen LogP contribution in [0.15, 0.2) is 24.3 Å². The van der Waals surface area contributed by atoms with Crippen LogP contribution in [-0.4, -0.2) is 18.3 Å². The molecule has 1 unspecified atom stereocenters. The molecular formula is C12H17NO2S. The van der Waals surface area contributed by atoms with E-state index >= 15 is 0 Å². The number of benzene rings is 1. The van der Waals surface area contributed by atoms with Gasteiger partial charge in [0.2, 0.25) is 5.91 Å². The second-order valence-corrected chi connectivity index (χ2v) is 4.46. The van der Waals surface area contributed by atoms with E-state index in [4.69, 9.17) is 4.74 Å². The van der Waals surface area contributed by atoms with Crippen molar-refractivity contribution in [2.45, 2.75) is 19.1 Å². The molecule has 1 amide bonds. The molecule has 4 heteroatoms. The van der Waals surface area contributed by atoms with Crippen molar-refractivity contribution in [1.29, 1.82) is 0 Å². The molecule has 0 aliphatic carbocycles. The van der Waals surface area contributed by atoms with Crippen molar-refractivity contribution in [1.82, 2.24) is 0 Å². The fourth-order valence-corrected chi connectivity index (χ4v) is 1.26. The normalized spacial score (nSPS) is 12.3. The lowest BCUT2D eigenvalue weighted by molar-refractivity contribution is -0.116. The highest BCUT2D eigenvalue weighted by Gasteiger charge is 2.17. The van der Waals surface area contributed by atoms with E-state index in [9.17, 15) is 4.79 Å². The van der Waals surface area contributed by atoms with Crippen molar-refractivity contribution in [3.63, 3.8) is 0 Å². The lowest BCUT2D eigenvalue weighted by atomic mass is 10.1. The number of carbonyl (C=O) groups is 1. The molecule has 1 rings (SSSR count). The molecule has 0 fully saturated rings. The van der Waals surface area contributed by atoms with E-state index in [1.807, 2.05) is 13.8 Å². The molecule has 0 radical (unpaired) electrons. The van der Waals surface area contributed by atoms with Crippen molar-refractivity contribution < 1.29 is 9.53 Å². The number of amides is 1. The van der Waals surface area contributed by atoms with Gasteiger partial charge in [-0.1, -0.05) is 13.8 Å². The summed E-state index contributed by atoms with van der Waals surface area (Å²) in [6.45, 7) is 3.93. The minimum Gasteiger partial charge on any atom is -0.497 e.